The highest BCUT2D eigenvalue weighted by atomic mass is 16.5. The third-order valence-corrected chi connectivity index (χ3v) is 3.67. The molecule has 0 aromatic heterocycles. The summed E-state index contributed by atoms with van der Waals surface area (Å²) in [6.45, 7) is 0. The van der Waals surface area contributed by atoms with Gasteiger partial charge in [-0.2, -0.15) is 0 Å². The lowest BCUT2D eigenvalue weighted by Crippen LogP contribution is -1.89. The number of allylic oxidation sites excluding steroid dienone is 6. The van der Waals surface area contributed by atoms with E-state index in [0.29, 0.717) is 0 Å². The molecular formula is C23H24O3. The highest BCUT2D eigenvalue weighted by molar-refractivity contribution is 5.60. The van der Waals surface area contributed by atoms with E-state index in [2.05, 4.69) is 0 Å². The Morgan fingerprint density at radius 2 is 1.15 bits per heavy atom. The number of methoxy groups -OCH3 is 3. The van der Waals surface area contributed by atoms with Gasteiger partial charge in [-0.3, -0.25) is 0 Å². The predicted octanol–water partition coefficient (Wildman–Crippen LogP) is 5.55. The van der Waals surface area contributed by atoms with Crippen molar-refractivity contribution in [1.82, 2.24) is 0 Å². The van der Waals surface area contributed by atoms with E-state index in [1.807, 2.05) is 91.1 Å². The van der Waals surface area contributed by atoms with Gasteiger partial charge in [-0.1, -0.05) is 60.7 Å². The van der Waals surface area contributed by atoms with Gasteiger partial charge in [0.05, 0.1) is 21.3 Å². The smallest absolute Gasteiger partial charge is 0.126 e. The molecule has 0 unspecified atom stereocenters. The van der Waals surface area contributed by atoms with Crippen molar-refractivity contribution in [3.8, 4) is 17.2 Å². The molecule has 26 heavy (non-hydrogen) atoms. The Bertz CT molecular complexity index is 797. The van der Waals surface area contributed by atoms with Crippen molar-refractivity contribution >= 4 is 12.2 Å². The summed E-state index contributed by atoms with van der Waals surface area (Å²) in [5.74, 6) is 2.48. The number of hydrogen-bond acceptors (Lipinski definition) is 3. The normalized spacial score (nSPS) is 11.8. The van der Waals surface area contributed by atoms with Crippen LogP contribution >= 0.6 is 0 Å². The van der Waals surface area contributed by atoms with Gasteiger partial charge in [0.1, 0.15) is 17.2 Å². The topological polar surface area (TPSA) is 27.7 Å². The van der Waals surface area contributed by atoms with Crippen LogP contribution < -0.4 is 14.2 Å². The molecule has 0 atom stereocenters. The summed E-state index contributed by atoms with van der Waals surface area (Å²) in [5.41, 5.74) is 2.10. The Hall–Kier alpha value is -3.20. The van der Waals surface area contributed by atoms with Crippen LogP contribution in [0.1, 0.15) is 11.1 Å². The molecule has 0 spiro atoms. The maximum atomic E-state index is 5.35. The number of hydrogen-bond donors (Lipinski definition) is 0. The minimum Gasteiger partial charge on any atom is -0.497 e. The van der Waals surface area contributed by atoms with Crippen molar-refractivity contribution in [2.24, 2.45) is 0 Å². The van der Waals surface area contributed by atoms with E-state index < -0.39 is 0 Å². The monoisotopic (exact) mass is 348 g/mol. The maximum Gasteiger partial charge on any atom is 0.126 e. The fraction of sp³-hybridized carbons (Fsp3) is 0.130. The lowest BCUT2D eigenvalue weighted by molar-refractivity contribution is 0.402. The van der Waals surface area contributed by atoms with Crippen molar-refractivity contribution < 1.29 is 14.2 Å². The summed E-state index contributed by atoms with van der Waals surface area (Å²) in [6.07, 6.45) is 15.9. The average molecular weight is 348 g/mol. The Morgan fingerprint density at radius 3 is 1.77 bits per heavy atom. The van der Waals surface area contributed by atoms with E-state index >= 15 is 0 Å². The summed E-state index contributed by atoms with van der Waals surface area (Å²) < 4.78 is 15.7. The van der Waals surface area contributed by atoms with Crippen molar-refractivity contribution in [3.05, 3.63) is 90.0 Å². The first-order chi connectivity index (χ1) is 12.8. The van der Waals surface area contributed by atoms with E-state index in [4.69, 9.17) is 14.2 Å². The predicted molar refractivity (Wildman–Crippen MR) is 109 cm³/mol. The van der Waals surface area contributed by atoms with Crippen molar-refractivity contribution in [2.75, 3.05) is 21.3 Å². The zero-order valence-electron chi connectivity index (χ0n) is 15.4. The van der Waals surface area contributed by atoms with Gasteiger partial charge in [-0.15, -0.1) is 0 Å². The van der Waals surface area contributed by atoms with Gasteiger partial charge < -0.3 is 14.2 Å². The van der Waals surface area contributed by atoms with Crippen LogP contribution in [0.3, 0.4) is 0 Å². The molecule has 0 aliphatic carbocycles. The van der Waals surface area contributed by atoms with Gasteiger partial charge in [-0.05, 0) is 35.9 Å². The second-order valence-corrected chi connectivity index (χ2v) is 5.37. The molecule has 3 nitrogen and oxygen atoms in total. The van der Waals surface area contributed by atoms with Crippen LogP contribution in [0.4, 0.5) is 0 Å². The van der Waals surface area contributed by atoms with Gasteiger partial charge >= 0.3 is 0 Å². The minimum atomic E-state index is 0.804. The Balaban J connectivity index is 1.89. The maximum absolute atomic E-state index is 5.35. The van der Waals surface area contributed by atoms with Crippen LogP contribution in [0.15, 0.2) is 78.9 Å². The number of benzene rings is 2. The molecule has 134 valence electrons. The van der Waals surface area contributed by atoms with Gasteiger partial charge in [0.15, 0.2) is 0 Å². The standard InChI is InChI=1S/C23H24O3/c1-24-21-14-12-19(13-15-21)10-8-6-4-5-7-9-11-20-18-22(25-2)16-17-23(20)26-3/h4-18H,1-3H3. The summed E-state index contributed by atoms with van der Waals surface area (Å²) in [6, 6.07) is 13.6. The number of rotatable bonds is 8. The molecule has 0 radical (unpaired) electrons. The summed E-state index contributed by atoms with van der Waals surface area (Å²) >= 11 is 0. The Labute approximate surface area is 155 Å². The van der Waals surface area contributed by atoms with E-state index in [1.165, 1.54) is 0 Å². The first-order valence-electron chi connectivity index (χ1n) is 8.31. The fourth-order valence-corrected chi connectivity index (χ4v) is 2.27. The van der Waals surface area contributed by atoms with Crippen LogP contribution in [0.2, 0.25) is 0 Å². The molecule has 0 aliphatic heterocycles. The molecule has 2 aromatic carbocycles. The molecule has 0 bridgehead atoms. The molecule has 3 heteroatoms. The molecular weight excluding hydrogens is 324 g/mol. The summed E-state index contributed by atoms with van der Waals surface area (Å²) in [4.78, 5) is 0. The van der Waals surface area contributed by atoms with E-state index in [1.54, 1.807) is 21.3 Å². The van der Waals surface area contributed by atoms with Crippen LogP contribution in [-0.2, 0) is 0 Å². The molecule has 0 amide bonds. The van der Waals surface area contributed by atoms with Crippen molar-refractivity contribution in [1.29, 1.82) is 0 Å². The molecule has 2 rings (SSSR count). The average Bonchev–Trinajstić information content (AvgIpc) is 2.70. The molecule has 0 aliphatic rings. The van der Waals surface area contributed by atoms with Crippen LogP contribution in [0.5, 0.6) is 17.2 Å². The first-order valence-corrected chi connectivity index (χ1v) is 8.31. The second kappa shape index (κ2) is 10.6. The lowest BCUT2D eigenvalue weighted by atomic mass is 10.1. The van der Waals surface area contributed by atoms with E-state index in [0.717, 1.165) is 28.4 Å². The summed E-state index contributed by atoms with van der Waals surface area (Å²) in [5, 5.41) is 0. The molecule has 0 saturated carbocycles. The van der Waals surface area contributed by atoms with E-state index in [-0.39, 0.29) is 0 Å². The van der Waals surface area contributed by atoms with Gasteiger partial charge in [-0.25, -0.2) is 0 Å². The molecule has 0 saturated heterocycles. The van der Waals surface area contributed by atoms with Crippen LogP contribution in [0.25, 0.3) is 12.2 Å². The Morgan fingerprint density at radius 1 is 0.577 bits per heavy atom. The molecule has 0 heterocycles. The van der Waals surface area contributed by atoms with Crippen LogP contribution in [0, 0.1) is 0 Å². The van der Waals surface area contributed by atoms with Gasteiger partial charge in [0.25, 0.3) is 0 Å². The zero-order chi connectivity index (χ0) is 18.6. The quantitative estimate of drug-likeness (QED) is 0.585. The summed E-state index contributed by atoms with van der Waals surface area (Å²) in [7, 11) is 4.98. The SMILES string of the molecule is COc1ccc(C=CC=CC=CC=Cc2cc(OC)ccc2OC)cc1. The van der Waals surface area contributed by atoms with Crippen molar-refractivity contribution in [3.63, 3.8) is 0 Å². The second-order valence-electron chi connectivity index (χ2n) is 5.37. The fourth-order valence-electron chi connectivity index (χ4n) is 2.27. The van der Waals surface area contributed by atoms with E-state index in [9.17, 15) is 0 Å². The first kappa shape index (κ1) is 19.1. The molecule has 0 fully saturated rings. The zero-order valence-corrected chi connectivity index (χ0v) is 15.4. The molecule has 0 N–H and O–H groups in total. The number of ether oxygens (including phenoxy) is 3. The highest BCUT2D eigenvalue weighted by Gasteiger charge is 2.00. The minimum absolute atomic E-state index is 0.804. The van der Waals surface area contributed by atoms with Gasteiger partial charge in [0.2, 0.25) is 0 Å². The lowest BCUT2D eigenvalue weighted by Gasteiger charge is -2.06. The van der Waals surface area contributed by atoms with Crippen LogP contribution in [-0.4, -0.2) is 21.3 Å². The Kier molecular flexibility index (Phi) is 7.81. The highest BCUT2D eigenvalue weighted by Crippen LogP contribution is 2.25. The van der Waals surface area contributed by atoms with Crippen molar-refractivity contribution in [2.45, 2.75) is 0 Å². The third kappa shape index (κ3) is 6.02. The third-order valence-electron chi connectivity index (χ3n) is 3.67. The largest absolute Gasteiger partial charge is 0.497 e. The molecule has 2 aromatic rings. The van der Waals surface area contributed by atoms with Gasteiger partial charge in [0, 0.05) is 5.56 Å².